The summed E-state index contributed by atoms with van der Waals surface area (Å²) in [7, 11) is 0. The topological polar surface area (TPSA) is 112 Å². The standard InChI is InChI=1S/C43H57NO6/c1-22(2)11-13-26-32-27(30-21-38(4,5)50-39(6,7)33(30)35(32)45)19-28-29-18-24-12-14-31-40(8,42(24,10)36(29)44-34(26)28)15-16-43(48)41(31,9)20-25(49-43)17-23(3)37(46)47/h11,17,19,21,24-25,31,33,35,44-45,48H,12-16,18,20H2,1-10H3,(H,46,47)/b23-17-/t24-,25+,31+,33+,35+,40-,41-,42+,43-/m0/s1. The maximum atomic E-state index is 12.2. The molecular formula is C43H57NO6. The number of aromatic amines is 1. The van der Waals surface area contributed by atoms with Gasteiger partial charge in [0.05, 0.1) is 23.4 Å². The van der Waals surface area contributed by atoms with Crippen molar-refractivity contribution in [2.75, 3.05) is 0 Å². The highest BCUT2D eigenvalue weighted by Gasteiger charge is 2.72. The average molecular weight is 684 g/mol. The molecule has 2 aromatic rings. The van der Waals surface area contributed by atoms with Gasteiger partial charge in [-0.15, -0.1) is 0 Å². The van der Waals surface area contributed by atoms with E-state index in [-0.39, 0.29) is 28.2 Å². The maximum Gasteiger partial charge on any atom is 0.331 e. The van der Waals surface area contributed by atoms with Gasteiger partial charge in [0, 0.05) is 45.3 Å². The SMILES string of the molecule is CC(C)=CCc1c2c(cc3c4c([nH]c13)[C@@]1(C)[C@@H](CC[C@@H]3[C@]1(C)CC[C@]1(O)O[C@H](/C=C(/C)C(=O)O)C[C@@]31C)C4)C1=CC(C)(C)OC(C)(C)[C@H]1[C@@H]2O. The molecule has 50 heavy (non-hydrogen) atoms. The number of aliphatic hydroxyl groups is 2. The van der Waals surface area contributed by atoms with Crippen LogP contribution in [0.1, 0.15) is 135 Å². The van der Waals surface area contributed by atoms with Gasteiger partial charge in [-0.3, -0.25) is 0 Å². The highest BCUT2D eigenvalue weighted by molar-refractivity contribution is 5.96. The number of carboxylic acid groups (broad SMARTS) is 1. The molecule has 3 fully saturated rings. The second-order valence-electron chi connectivity index (χ2n) is 18.9. The van der Waals surface area contributed by atoms with Gasteiger partial charge in [-0.05, 0) is 150 Å². The maximum absolute atomic E-state index is 12.2. The van der Waals surface area contributed by atoms with Gasteiger partial charge in [0.2, 0.25) is 0 Å². The van der Waals surface area contributed by atoms with Gasteiger partial charge in [0.25, 0.3) is 0 Å². The van der Waals surface area contributed by atoms with Crippen molar-refractivity contribution in [3.05, 3.63) is 63.4 Å². The summed E-state index contributed by atoms with van der Waals surface area (Å²) in [5.41, 5.74) is 8.32. The van der Waals surface area contributed by atoms with E-state index >= 15 is 0 Å². The van der Waals surface area contributed by atoms with Crippen LogP contribution in [0.2, 0.25) is 0 Å². The lowest BCUT2D eigenvalue weighted by molar-refractivity contribution is -0.294. The highest BCUT2D eigenvalue weighted by atomic mass is 16.6. The van der Waals surface area contributed by atoms with Crippen molar-refractivity contribution >= 4 is 22.4 Å². The summed E-state index contributed by atoms with van der Waals surface area (Å²) in [6, 6.07) is 2.40. The predicted octanol–water partition coefficient (Wildman–Crippen LogP) is 8.47. The first-order valence-electron chi connectivity index (χ1n) is 18.9. The molecule has 4 N–H and O–H groups in total. The van der Waals surface area contributed by atoms with Crippen LogP contribution in [0.5, 0.6) is 0 Å². The van der Waals surface area contributed by atoms with Gasteiger partial charge < -0.3 is 29.8 Å². The fraction of sp³-hybridized carbons (Fsp3) is 0.651. The number of benzene rings is 1. The first kappa shape index (κ1) is 34.4. The van der Waals surface area contributed by atoms with E-state index in [0.29, 0.717) is 18.8 Å². The number of fused-ring (bicyclic) bond motifs is 12. The molecule has 0 bridgehead atoms. The third-order valence-electron chi connectivity index (χ3n) is 15.0. The lowest BCUT2D eigenvalue weighted by atomic mass is 9.40. The van der Waals surface area contributed by atoms with E-state index < -0.39 is 40.6 Å². The summed E-state index contributed by atoms with van der Waals surface area (Å²) in [5, 5.41) is 35.2. The number of nitrogens with one attached hydrogen (secondary N) is 1. The van der Waals surface area contributed by atoms with E-state index in [0.717, 1.165) is 43.2 Å². The summed E-state index contributed by atoms with van der Waals surface area (Å²) >= 11 is 0. The molecule has 1 saturated heterocycles. The summed E-state index contributed by atoms with van der Waals surface area (Å²) in [6.07, 6.45) is 11.0. The number of hydrogen-bond acceptors (Lipinski definition) is 5. The van der Waals surface area contributed by atoms with E-state index in [2.05, 4.69) is 85.5 Å². The average Bonchev–Trinajstić information content (AvgIpc) is 3.67. The Balaban J connectivity index is 1.28. The first-order valence-corrected chi connectivity index (χ1v) is 18.9. The summed E-state index contributed by atoms with van der Waals surface area (Å²) in [5.74, 6) is -1.69. The molecule has 4 aliphatic carbocycles. The molecule has 2 saturated carbocycles. The van der Waals surface area contributed by atoms with Crippen molar-refractivity contribution in [1.82, 2.24) is 4.98 Å². The second kappa shape index (κ2) is 10.5. The first-order chi connectivity index (χ1) is 23.2. The zero-order chi connectivity index (χ0) is 36.1. The van der Waals surface area contributed by atoms with Crippen LogP contribution in [0, 0.1) is 28.6 Å². The van der Waals surface area contributed by atoms with Crippen LogP contribution in [0.3, 0.4) is 0 Å². The quantitative estimate of drug-likeness (QED) is 0.190. The summed E-state index contributed by atoms with van der Waals surface area (Å²) < 4.78 is 13.0. The van der Waals surface area contributed by atoms with Crippen molar-refractivity contribution in [2.24, 2.45) is 28.6 Å². The zero-order valence-corrected chi connectivity index (χ0v) is 31.7. The van der Waals surface area contributed by atoms with Crippen LogP contribution >= 0.6 is 0 Å². The van der Waals surface area contributed by atoms with E-state index in [1.165, 1.54) is 38.9 Å². The van der Waals surface area contributed by atoms with Gasteiger partial charge in [-0.2, -0.15) is 0 Å². The number of aliphatic carboxylic acids is 1. The van der Waals surface area contributed by atoms with Crippen LogP contribution in [0.25, 0.3) is 16.5 Å². The Morgan fingerprint density at radius 2 is 1.76 bits per heavy atom. The smallest absolute Gasteiger partial charge is 0.331 e. The van der Waals surface area contributed by atoms with Crippen LogP contribution < -0.4 is 0 Å². The van der Waals surface area contributed by atoms with E-state index in [1.54, 1.807) is 13.0 Å². The third-order valence-corrected chi connectivity index (χ3v) is 15.0. The summed E-state index contributed by atoms with van der Waals surface area (Å²) in [6.45, 7) is 21.5. The number of hydrogen-bond donors (Lipinski definition) is 4. The Kier molecular flexibility index (Phi) is 7.19. The van der Waals surface area contributed by atoms with E-state index in [4.69, 9.17) is 9.47 Å². The van der Waals surface area contributed by atoms with Crippen LogP contribution in [0.4, 0.5) is 0 Å². The molecule has 1 aromatic heterocycles. The van der Waals surface area contributed by atoms with Gasteiger partial charge in [-0.1, -0.05) is 32.4 Å². The molecule has 3 heterocycles. The van der Waals surface area contributed by atoms with Gasteiger partial charge >= 0.3 is 5.97 Å². The molecule has 7 heteroatoms. The Hall–Kier alpha value is -2.71. The van der Waals surface area contributed by atoms with Crippen molar-refractivity contribution < 1.29 is 29.6 Å². The van der Waals surface area contributed by atoms with Gasteiger partial charge in [-0.25, -0.2) is 4.79 Å². The molecule has 9 atom stereocenters. The number of aliphatic hydroxyl groups excluding tert-OH is 1. The highest BCUT2D eigenvalue weighted by Crippen LogP contribution is 2.73. The molecule has 8 rings (SSSR count). The fourth-order valence-electron chi connectivity index (χ4n) is 12.7. The van der Waals surface area contributed by atoms with Crippen molar-refractivity contribution in [3.8, 4) is 0 Å². The molecule has 6 aliphatic rings. The van der Waals surface area contributed by atoms with Gasteiger partial charge in [0.15, 0.2) is 5.79 Å². The molecular weight excluding hydrogens is 626 g/mol. The number of carbonyl (C=O) groups is 1. The lowest BCUT2D eigenvalue weighted by Crippen LogP contribution is -2.65. The van der Waals surface area contributed by atoms with Crippen molar-refractivity contribution in [3.63, 3.8) is 0 Å². The second-order valence-corrected chi connectivity index (χ2v) is 18.9. The minimum atomic E-state index is -1.29. The van der Waals surface area contributed by atoms with Crippen molar-refractivity contribution in [1.29, 1.82) is 0 Å². The van der Waals surface area contributed by atoms with Crippen molar-refractivity contribution in [2.45, 2.75) is 149 Å². The Morgan fingerprint density at radius 1 is 1.04 bits per heavy atom. The fourth-order valence-corrected chi connectivity index (χ4v) is 12.7. The minimum absolute atomic E-state index is 0.114. The number of rotatable bonds is 4. The molecule has 7 nitrogen and oxygen atoms in total. The number of aromatic nitrogens is 1. The zero-order valence-electron chi connectivity index (χ0n) is 31.7. The Bertz CT molecular complexity index is 1920. The number of H-pyrrole nitrogens is 1. The molecule has 0 spiro atoms. The predicted molar refractivity (Wildman–Crippen MR) is 196 cm³/mol. The largest absolute Gasteiger partial charge is 0.478 e. The molecule has 270 valence electrons. The van der Waals surface area contributed by atoms with E-state index in [9.17, 15) is 20.1 Å². The molecule has 0 amide bonds. The molecule has 1 aromatic carbocycles. The number of ether oxygens (including phenoxy) is 2. The molecule has 0 radical (unpaired) electrons. The Morgan fingerprint density at radius 3 is 2.44 bits per heavy atom. The Labute approximate surface area is 297 Å². The lowest BCUT2D eigenvalue weighted by Gasteiger charge is -2.65. The minimum Gasteiger partial charge on any atom is -0.478 e. The third kappa shape index (κ3) is 4.33. The monoisotopic (exact) mass is 683 g/mol. The summed E-state index contributed by atoms with van der Waals surface area (Å²) in [4.78, 5) is 15.8. The van der Waals surface area contributed by atoms with Crippen LogP contribution in [-0.2, 0) is 32.5 Å². The van der Waals surface area contributed by atoms with Gasteiger partial charge in [0.1, 0.15) is 0 Å². The van der Waals surface area contributed by atoms with Crippen LogP contribution in [0.15, 0.2) is 35.4 Å². The van der Waals surface area contributed by atoms with Crippen LogP contribution in [-0.4, -0.2) is 49.4 Å². The number of carboxylic acids is 1. The molecule has 2 aliphatic heterocycles. The van der Waals surface area contributed by atoms with E-state index in [1.807, 2.05) is 0 Å². The normalized spacial score (nSPS) is 40.7. The number of allylic oxidation sites excluding steroid dienone is 2. The molecule has 0 unspecified atom stereocenters.